The predicted octanol–water partition coefficient (Wildman–Crippen LogP) is 1.27. The Kier molecular flexibility index (Phi) is 2.86. The number of carbonyl (C=O) groups excluding carboxylic acids is 1. The number of nitrogens with one attached hydrogen (secondary N) is 1. The molecule has 1 fully saturated rings. The minimum atomic E-state index is 0.0854. The summed E-state index contributed by atoms with van der Waals surface area (Å²) in [7, 11) is 0. The third-order valence-electron chi connectivity index (χ3n) is 2.54. The summed E-state index contributed by atoms with van der Waals surface area (Å²) in [5, 5.41) is 7.40. The van der Waals surface area contributed by atoms with Crippen molar-refractivity contribution >= 4 is 21.8 Å². The Morgan fingerprint density at radius 1 is 1.79 bits per heavy atom. The molecule has 0 aromatic carbocycles. The second-order valence-corrected chi connectivity index (χ2v) is 4.19. The lowest BCUT2D eigenvalue weighted by Crippen LogP contribution is -2.28. The van der Waals surface area contributed by atoms with Crippen molar-refractivity contribution < 1.29 is 4.79 Å². The molecule has 1 saturated heterocycles. The topological polar surface area (TPSA) is 49.0 Å². The van der Waals surface area contributed by atoms with Crippen LogP contribution in [0.1, 0.15) is 16.8 Å². The van der Waals surface area contributed by atoms with Gasteiger partial charge in [-0.25, -0.2) is 0 Å². The Morgan fingerprint density at radius 3 is 3.21 bits per heavy atom. The Morgan fingerprint density at radius 2 is 2.64 bits per heavy atom. The van der Waals surface area contributed by atoms with Crippen LogP contribution in [0.25, 0.3) is 0 Å². The Balaban J connectivity index is 2.00. The Labute approximate surface area is 90.8 Å². The molecule has 1 unspecified atom stereocenters. The number of hydrogen-bond acceptors (Lipinski definition) is 2. The lowest BCUT2D eigenvalue weighted by atomic mass is 10.2. The molecule has 1 aromatic heterocycles. The van der Waals surface area contributed by atoms with Gasteiger partial charge in [0, 0.05) is 24.6 Å². The molecule has 76 valence electrons. The van der Waals surface area contributed by atoms with Crippen LogP contribution in [-0.2, 0) is 0 Å². The number of carbonyl (C=O) groups is 1. The number of amides is 1. The van der Waals surface area contributed by atoms with Gasteiger partial charge in [-0.1, -0.05) is 15.9 Å². The molecule has 0 aliphatic carbocycles. The molecule has 5 heteroatoms. The van der Waals surface area contributed by atoms with Gasteiger partial charge in [0.1, 0.15) is 0 Å². The lowest BCUT2D eigenvalue weighted by Gasteiger charge is -2.14. The standard InChI is InChI=1S/C9H12BrN3O/c10-3-7-1-2-13(6-7)9(14)8-4-11-12-5-8/h4-5,7H,1-3,6H2,(H,11,12). The fourth-order valence-electron chi connectivity index (χ4n) is 1.69. The molecule has 2 rings (SSSR count). The molecule has 4 nitrogen and oxygen atoms in total. The summed E-state index contributed by atoms with van der Waals surface area (Å²) >= 11 is 3.45. The maximum Gasteiger partial charge on any atom is 0.257 e. The molecule has 14 heavy (non-hydrogen) atoms. The summed E-state index contributed by atoms with van der Waals surface area (Å²) in [6, 6.07) is 0. The van der Waals surface area contributed by atoms with Gasteiger partial charge >= 0.3 is 0 Å². The molecule has 0 saturated carbocycles. The summed E-state index contributed by atoms with van der Waals surface area (Å²) in [6.45, 7) is 1.72. The quantitative estimate of drug-likeness (QED) is 0.812. The van der Waals surface area contributed by atoms with Crippen molar-refractivity contribution in [2.75, 3.05) is 18.4 Å². The normalized spacial score (nSPS) is 21.5. The predicted molar refractivity (Wildman–Crippen MR) is 56.4 cm³/mol. The van der Waals surface area contributed by atoms with Crippen LogP contribution in [0.3, 0.4) is 0 Å². The number of nitrogens with zero attached hydrogens (tertiary/aromatic N) is 2. The first kappa shape index (κ1) is 9.71. The number of aromatic amines is 1. The number of alkyl halides is 1. The second-order valence-electron chi connectivity index (χ2n) is 3.55. The van der Waals surface area contributed by atoms with E-state index in [1.807, 2.05) is 4.90 Å². The number of halogens is 1. The van der Waals surface area contributed by atoms with Crippen molar-refractivity contribution in [1.29, 1.82) is 0 Å². The maximum atomic E-state index is 11.8. The summed E-state index contributed by atoms with van der Waals surface area (Å²) in [5.41, 5.74) is 0.653. The first-order chi connectivity index (χ1) is 6.81. The molecule has 0 bridgehead atoms. The minimum Gasteiger partial charge on any atom is -0.338 e. The van der Waals surface area contributed by atoms with E-state index in [1.54, 1.807) is 12.4 Å². The van der Waals surface area contributed by atoms with Crippen LogP contribution in [0.5, 0.6) is 0 Å². The number of hydrogen-bond donors (Lipinski definition) is 1. The largest absolute Gasteiger partial charge is 0.338 e. The van der Waals surface area contributed by atoms with Crippen LogP contribution >= 0.6 is 15.9 Å². The molecule has 0 spiro atoms. The van der Waals surface area contributed by atoms with Crippen molar-refractivity contribution in [1.82, 2.24) is 15.1 Å². The average molecular weight is 258 g/mol. The van der Waals surface area contributed by atoms with E-state index in [4.69, 9.17) is 0 Å². The molecular formula is C9H12BrN3O. The van der Waals surface area contributed by atoms with Crippen molar-refractivity contribution in [3.05, 3.63) is 18.0 Å². The molecule has 1 aliphatic rings. The number of rotatable bonds is 2. The number of likely N-dealkylation sites (tertiary alicyclic amines) is 1. The highest BCUT2D eigenvalue weighted by atomic mass is 79.9. The summed E-state index contributed by atoms with van der Waals surface area (Å²) in [4.78, 5) is 13.7. The van der Waals surface area contributed by atoms with Gasteiger partial charge < -0.3 is 4.90 Å². The van der Waals surface area contributed by atoms with E-state index in [0.717, 1.165) is 24.8 Å². The van der Waals surface area contributed by atoms with Crippen LogP contribution in [0.4, 0.5) is 0 Å². The van der Waals surface area contributed by atoms with E-state index >= 15 is 0 Å². The summed E-state index contributed by atoms with van der Waals surface area (Å²) in [6.07, 6.45) is 4.31. The second kappa shape index (κ2) is 4.13. The molecule has 1 atom stereocenters. The zero-order valence-corrected chi connectivity index (χ0v) is 9.33. The van der Waals surface area contributed by atoms with Crippen molar-refractivity contribution in [2.24, 2.45) is 5.92 Å². The van der Waals surface area contributed by atoms with Crippen LogP contribution in [-0.4, -0.2) is 39.4 Å². The van der Waals surface area contributed by atoms with Gasteiger partial charge in [-0.2, -0.15) is 5.10 Å². The maximum absolute atomic E-state index is 11.8. The van der Waals surface area contributed by atoms with E-state index in [2.05, 4.69) is 26.1 Å². The molecule has 1 amide bonds. The molecule has 0 radical (unpaired) electrons. The molecule has 2 heterocycles. The summed E-state index contributed by atoms with van der Waals surface area (Å²) < 4.78 is 0. The molecular weight excluding hydrogens is 246 g/mol. The van der Waals surface area contributed by atoms with E-state index in [1.165, 1.54) is 0 Å². The van der Waals surface area contributed by atoms with Crippen molar-refractivity contribution in [3.8, 4) is 0 Å². The van der Waals surface area contributed by atoms with Gasteiger partial charge in [0.2, 0.25) is 0 Å². The SMILES string of the molecule is O=C(c1cn[nH]c1)N1CCC(CBr)C1. The third-order valence-corrected chi connectivity index (χ3v) is 3.45. The lowest BCUT2D eigenvalue weighted by molar-refractivity contribution is 0.0788. The van der Waals surface area contributed by atoms with Crippen LogP contribution in [0, 0.1) is 5.92 Å². The minimum absolute atomic E-state index is 0.0854. The Bertz CT molecular complexity index is 312. The zero-order chi connectivity index (χ0) is 9.97. The Hall–Kier alpha value is -0.840. The van der Waals surface area contributed by atoms with E-state index < -0.39 is 0 Å². The molecule has 1 aliphatic heterocycles. The number of aromatic nitrogens is 2. The first-order valence-electron chi connectivity index (χ1n) is 4.65. The monoisotopic (exact) mass is 257 g/mol. The van der Waals surface area contributed by atoms with Gasteiger partial charge in [0.25, 0.3) is 5.91 Å². The van der Waals surface area contributed by atoms with Gasteiger partial charge in [-0.05, 0) is 12.3 Å². The van der Waals surface area contributed by atoms with Crippen molar-refractivity contribution in [3.63, 3.8) is 0 Å². The van der Waals surface area contributed by atoms with Gasteiger partial charge in [0.15, 0.2) is 0 Å². The first-order valence-corrected chi connectivity index (χ1v) is 5.77. The summed E-state index contributed by atoms with van der Waals surface area (Å²) in [5.74, 6) is 0.688. The van der Waals surface area contributed by atoms with Gasteiger partial charge in [-0.15, -0.1) is 0 Å². The molecule has 1 aromatic rings. The van der Waals surface area contributed by atoms with E-state index in [-0.39, 0.29) is 5.91 Å². The third kappa shape index (κ3) is 1.82. The average Bonchev–Trinajstić information content (AvgIpc) is 2.88. The van der Waals surface area contributed by atoms with E-state index in [9.17, 15) is 4.79 Å². The molecule has 1 N–H and O–H groups in total. The highest BCUT2D eigenvalue weighted by molar-refractivity contribution is 9.09. The number of H-pyrrole nitrogens is 1. The zero-order valence-electron chi connectivity index (χ0n) is 7.74. The van der Waals surface area contributed by atoms with Crippen LogP contribution < -0.4 is 0 Å². The smallest absolute Gasteiger partial charge is 0.257 e. The fraction of sp³-hybridized carbons (Fsp3) is 0.556. The van der Waals surface area contributed by atoms with Crippen LogP contribution in [0.2, 0.25) is 0 Å². The fourth-order valence-corrected chi connectivity index (χ4v) is 2.22. The van der Waals surface area contributed by atoms with Crippen LogP contribution in [0.15, 0.2) is 12.4 Å². The van der Waals surface area contributed by atoms with Crippen molar-refractivity contribution in [2.45, 2.75) is 6.42 Å². The highest BCUT2D eigenvalue weighted by Crippen LogP contribution is 2.19. The van der Waals surface area contributed by atoms with Gasteiger partial charge in [0.05, 0.1) is 11.8 Å². The van der Waals surface area contributed by atoms with E-state index in [0.29, 0.717) is 11.5 Å². The highest BCUT2D eigenvalue weighted by Gasteiger charge is 2.26. The van der Waals surface area contributed by atoms with Gasteiger partial charge in [-0.3, -0.25) is 9.89 Å².